The van der Waals surface area contributed by atoms with Crippen LogP contribution in [0.1, 0.15) is 29.7 Å². The van der Waals surface area contributed by atoms with Crippen LogP contribution >= 0.6 is 11.3 Å². The monoisotopic (exact) mass is 297 g/mol. The Labute approximate surface area is 124 Å². The van der Waals surface area contributed by atoms with Gasteiger partial charge in [0.15, 0.2) is 0 Å². The van der Waals surface area contributed by atoms with E-state index in [1.807, 2.05) is 13.2 Å². The molecule has 2 heterocycles. The quantitative estimate of drug-likeness (QED) is 0.893. The molecule has 1 aliphatic rings. The van der Waals surface area contributed by atoms with Gasteiger partial charge in [-0.3, -0.25) is 4.79 Å². The molecule has 1 amide bonds. The van der Waals surface area contributed by atoms with Crippen LogP contribution in [0.5, 0.6) is 0 Å². The maximum Gasteiger partial charge on any atom is 0.255 e. The molecule has 2 rings (SSSR count). The number of nitrogens with one attached hydrogen (secondary N) is 1. The summed E-state index contributed by atoms with van der Waals surface area (Å²) in [6.07, 6.45) is 4.34. The number of piperidine rings is 1. The van der Waals surface area contributed by atoms with E-state index in [1.54, 1.807) is 23.3 Å². The van der Waals surface area contributed by atoms with E-state index in [-0.39, 0.29) is 5.91 Å². The molecule has 0 aromatic carbocycles. The minimum Gasteiger partial charge on any atom is -0.368 e. The number of likely N-dealkylation sites (N-methyl/N-ethyl adjacent to an activating group) is 1. The van der Waals surface area contributed by atoms with E-state index in [1.165, 1.54) is 4.88 Å². The van der Waals surface area contributed by atoms with Crippen LogP contribution in [0.15, 0.2) is 6.20 Å². The van der Waals surface area contributed by atoms with Crippen molar-refractivity contribution in [3.63, 3.8) is 0 Å². The SMILES string of the molecule is CCc1cnc(CN(C)C(=O)C2(OC)CCNCC2)s1. The van der Waals surface area contributed by atoms with Gasteiger partial charge in [-0.1, -0.05) is 6.92 Å². The summed E-state index contributed by atoms with van der Waals surface area (Å²) in [4.78, 5) is 20.1. The van der Waals surface area contributed by atoms with Gasteiger partial charge in [-0.25, -0.2) is 4.98 Å². The number of methoxy groups -OCH3 is 1. The van der Waals surface area contributed by atoms with Crippen molar-refractivity contribution in [1.29, 1.82) is 0 Å². The number of ether oxygens (including phenoxy) is 1. The fourth-order valence-electron chi connectivity index (χ4n) is 2.54. The highest BCUT2D eigenvalue weighted by Gasteiger charge is 2.41. The Morgan fingerprint density at radius 3 is 2.80 bits per heavy atom. The standard InChI is InChI=1S/C14H23N3O2S/c1-4-11-9-16-12(20-11)10-17(2)13(18)14(19-3)5-7-15-8-6-14/h9,15H,4-8,10H2,1-3H3. The van der Waals surface area contributed by atoms with Gasteiger partial charge >= 0.3 is 0 Å². The third-order valence-electron chi connectivity index (χ3n) is 3.86. The first-order valence-corrected chi connectivity index (χ1v) is 7.88. The molecule has 0 spiro atoms. The van der Waals surface area contributed by atoms with Crippen molar-refractivity contribution in [3.8, 4) is 0 Å². The van der Waals surface area contributed by atoms with E-state index in [2.05, 4.69) is 17.2 Å². The highest BCUT2D eigenvalue weighted by atomic mass is 32.1. The molecule has 0 saturated carbocycles. The molecule has 1 N–H and O–H groups in total. The van der Waals surface area contributed by atoms with Gasteiger partial charge in [0.25, 0.3) is 5.91 Å². The average molecular weight is 297 g/mol. The molecular weight excluding hydrogens is 274 g/mol. The van der Waals surface area contributed by atoms with Crippen molar-refractivity contribution in [3.05, 3.63) is 16.1 Å². The van der Waals surface area contributed by atoms with Crippen molar-refractivity contribution in [2.75, 3.05) is 27.2 Å². The van der Waals surface area contributed by atoms with Gasteiger partial charge in [0.2, 0.25) is 0 Å². The number of hydrogen-bond acceptors (Lipinski definition) is 5. The zero-order valence-corrected chi connectivity index (χ0v) is 13.3. The first kappa shape index (κ1) is 15.4. The van der Waals surface area contributed by atoms with E-state index in [9.17, 15) is 4.79 Å². The largest absolute Gasteiger partial charge is 0.368 e. The fourth-order valence-corrected chi connectivity index (χ4v) is 3.46. The predicted molar refractivity (Wildman–Crippen MR) is 79.8 cm³/mol. The first-order valence-electron chi connectivity index (χ1n) is 7.06. The van der Waals surface area contributed by atoms with Crippen molar-refractivity contribution < 1.29 is 9.53 Å². The third kappa shape index (κ3) is 3.19. The summed E-state index contributed by atoms with van der Waals surface area (Å²) in [5.41, 5.74) is -0.662. The van der Waals surface area contributed by atoms with E-state index < -0.39 is 5.60 Å². The Balaban J connectivity index is 2.03. The van der Waals surface area contributed by atoms with Crippen LogP contribution in [0.25, 0.3) is 0 Å². The molecule has 1 aromatic heterocycles. The zero-order chi connectivity index (χ0) is 14.6. The molecule has 0 unspecified atom stereocenters. The van der Waals surface area contributed by atoms with Crippen LogP contribution in [0.3, 0.4) is 0 Å². The second-order valence-corrected chi connectivity index (χ2v) is 6.38. The maximum absolute atomic E-state index is 12.7. The molecular formula is C14H23N3O2S. The lowest BCUT2D eigenvalue weighted by Gasteiger charge is -2.37. The van der Waals surface area contributed by atoms with Crippen molar-refractivity contribution in [2.45, 2.75) is 38.3 Å². The number of hydrogen-bond donors (Lipinski definition) is 1. The predicted octanol–water partition coefficient (Wildman–Crippen LogP) is 1.43. The highest BCUT2D eigenvalue weighted by Crippen LogP contribution is 2.26. The van der Waals surface area contributed by atoms with Gasteiger partial charge in [0, 0.05) is 25.2 Å². The molecule has 5 nitrogen and oxygen atoms in total. The lowest BCUT2D eigenvalue weighted by Crippen LogP contribution is -2.54. The van der Waals surface area contributed by atoms with Crippen LogP contribution in [-0.2, 0) is 22.5 Å². The van der Waals surface area contributed by atoms with Gasteiger partial charge in [-0.2, -0.15) is 0 Å². The molecule has 1 saturated heterocycles. The summed E-state index contributed by atoms with van der Waals surface area (Å²) >= 11 is 1.67. The molecule has 1 aliphatic heterocycles. The molecule has 1 fully saturated rings. The fraction of sp³-hybridized carbons (Fsp3) is 0.714. The van der Waals surface area contributed by atoms with Crippen molar-refractivity contribution in [1.82, 2.24) is 15.2 Å². The lowest BCUT2D eigenvalue weighted by molar-refractivity contribution is -0.157. The number of thiazole rings is 1. The minimum atomic E-state index is -0.662. The van der Waals surface area contributed by atoms with Crippen LogP contribution in [0, 0.1) is 0 Å². The van der Waals surface area contributed by atoms with E-state index in [0.717, 1.165) is 37.4 Å². The minimum absolute atomic E-state index is 0.0646. The number of carbonyl (C=O) groups excluding carboxylic acids is 1. The number of nitrogens with zero attached hydrogens (tertiary/aromatic N) is 2. The smallest absolute Gasteiger partial charge is 0.255 e. The van der Waals surface area contributed by atoms with Gasteiger partial charge in [0.05, 0.1) is 6.54 Å². The van der Waals surface area contributed by atoms with Gasteiger partial charge in [0.1, 0.15) is 10.6 Å². The molecule has 0 atom stereocenters. The molecule has 0 radical (unpaired) electrons. The van der Waals surface area contributed by atoms with Gasteiger partial charge in [-0.05, 0) is 32.4 Å². The van der Waals surface area contributed by atoms with E-state index in [0.29, 0.717) is 6.54 Å². The number of aryl methyl sites for hydroxylation is 1. The maximum atomic E-state index is 12.7. The summed E-state index contributed by atoms with van der Waals surface area (Å²) in [6, 6.07) is 0. The number of amides is 1. The number of aromatic nitrogens is 1. The topological polar surface area (TPSA) is 54.5 Å². The summed E-state index contributed by atoms with van der Waals surface area (Å²) in [5.74, 6) is 0.0646. The third-order valence-corrected chi connectivity index (χ3v) is 4.99. The van der Waals surface area contributed by atoms with Crippen LogP contribution in [-0.4, -0.2) is 48.6 Å². The summed E-state index contributed by atoms with van der Waals surface area (Å²) in [5, 5.41) is 4.25. The van der Waals surface area contributed by atoms with Crippen LogP contribution in [0.2, 0.25) is 0 Å². The number of rotatable bonds is 5. The van der Waals surface area contributed by atoms with Crippen LogP contribution in [0.4, 0.5) is 0 Å². The second-order valence-electron chi connectivity index (χ2n) is 5.18. The van der Waals surface area contributed by atoms with Crippen LogP contribution < -0.4 is 5.32 Å². The summed E-state index contributed by atoms with van der Waals surface area (Å²) in [6.45, 7) is 4.32. The summed E-state index contributed by atoms with van der Waals surface area (Å²) in [7, 11) is 3.47. The van der Waals surface area contributed by atoms with Crippen molar-refractivity contribution >= 4 is 17.2 Å². The molecule has 0 aliphatic carbocycles. The average Bonchev–Trinajstić information content (AvgIpc) is 2.94. The normalized spacial score (nSPS) is 17.9. The summed E-state index contributed by atoms with van der Waals surface area (Å²) < 4.78 is 5.58. The highest BCUT2D eigenvalue weighted by molar-refractivity contribution is 7.11. The molecule has 20 heavy (non-hydrogen) atoms. The second kappa shape index (κ2) is 6.65. The van der Waals surface area contributed by atoms with E-state index in [4.69, 9.17) is 4.74 Å². The Bertz CT molecular complexity index is 455. The zero-order valence-electron chi connectivity index (χ0n) is 12.4. The lowest BCUT2D eigenvalue weighted by atomic mass is 9.90. The number of carbonyl (C=O) groups is 1. The van der Waals surface area contributed by atoms with E-state index >= 15 is 0 Å². The van der Waals surface area contributed by atoms with Gasteiger partial charge in [-0.15, -0.1) is 11.3 Å². The molecule has 1 aromatic rings. The van der Waals surface area contributed by atoms with Gasteiger partial charge < -0.3 is 15.0 Å². The van der Waals surface area contributed by atoms with Crippen molar-refractivity contribution in [2.24, 2.45) is 0 Å². The Hall–Kier alpha value is -0.980. The Morgan fingerprint density at radius 2 is 2.25 bits per heavy atom. The molecule has 112 valence electrons. The Morgan fingerprint density at radius 1 is 1.55 bits per heavy atom. The molecule has 6 heteroatoms. The molecule has 0 bridgehead atoms. The Kier molecular flexibility index (Phi) is 5.12. The first-order chi connectivity index (χ1) is 9.61.